The van der Waals surface area contributed by atoms with E-state index in [1.807, 2.05) is 88.4 Å². The fourth-order valence-electron chi connectivity index (χ4n) is 11.1. The number of ether oxygens (including phenoxy) is 10. The van der Waals surface area contributed by atoms with Gasteiger partial charge >= 0.3 is 0 Å². The van der Waals surface area contributed by atoms with Crippen LogP contribution in [0.5, 0.6) is 75.1 Å². The zero-order valence-electron chi connectivity index (χ0n) is 67.7. The smallest absolute Gasteiger partial charge is 0.247 e. The van der Waals surface area contributed by atoms with Gasteiger partial charge in [-0.15, -0.1) is 0 Å². The minimum Gasteiger partial charge on any atom is -0.496 e. The zero-order valence-corrected chi connectivity index (χ0v) is 73.2. The van der Waals surface area contributed by atoms with Crippen LogP contribution >= 0.6 is 59.4 Å². The summed E-state index contributed by atoms with van der Waals surface area (Å²) in [4.78, 5) is 80.9. The number of hydrogen-bond acceptors (Lipinski definition) is 27. The number of nitrogens with one attached hydrogen (secondary N) is 9. The summed E-state index contributed by atoms with van der Waals surface area (Å²) in [6, 6.07) is 44.7. The predicted molar refractivity (Wildman–Crippen MR) is 485 cm³/mol. The second-order valence-electron chi connectivity index (χ2n) is 24.9. The van der Waals surface area contributed by atoms with Crippen molar-refractivity contribution in [1.29, 1.82) is 0 Å². The normalized spacial score (nSPS) is 10.2. The summed E-state index contributed by atoms with van der Waals surface area (Å²) in [5.41, 5.74) is 9.41. The van der Waals surface area contributed by atoms with E-state index in [1.165, 1.54) is 30.5 Å². The fourth-order valence-corrected chi connectivity index (χ4v) is 12.0. The molecule has 12 rings (SSSR count). The molecule has 0 atom stereocenters. The van der Waals surface area contributed by atoms with Crippen molar-refractivity contribution in [3.8, 4) is 75.1 Å². The van der Waals surface area contributed by atoms with Crippen LogP contribution in [0.15, 0.2) is 240 Å². The molecule has 0 aliphatic carbocycles. The Kier molecular flexibility index (Phi) is 33.8. The molecule has 0 aliphatic heterocycles. The van der Waals surface area contributed by atoms with Gasteiger partial charge < -0.3 is 95.2 Å². The van der Waals surface area contributed by atoms with Crippen molar-refractivity contribution in [2.24, 2.45) is 0 Å². The second-order valence-corrected chi connectivity index (χ2v) is 27.8. The van der Waals surface area contributed by atoms with Crippen LogP contribution in [-0.2, 0) is 19.2 Å². The minimum atomic E-state index is -0.326. The summed E-state index contributed by atoms with van der Waals surface area (Å²) < 4.78 is 57.4. The number of carbonyl (C=O) groups is 4. The second kappa shape index (κ2) is 45.0. The molecular weight excluding hydrogens is 1780 g/mol. The van der Waals surface area contributed by atoms with E-state index in [9.17, 15) is 19.2 Å². The van der Waals surface area contributed by atoms with Gasteiger partial charge in [-0.2, -0.15) is 19.9 Å². The highest BCUT2D eigenvalue weighted by molar-refractivity contribution is 9.11. The Bertz CT molecular complexity index is 5400. The Morgan fingerprint density at radius 1 is 0.344 bits per heavy atom. The predicted octanol–water partition coefficient (Wildman–Crippen LogP) is 20.7. The highest BCUT2D eigenvalue weighted by Gasteiger charge is 2.20. The first kappa shape index (κ1) is 91.5. The number of aromatic nitrogens is 8. The topological polar surface area (TPSA) is 372 Å². The van der Waals surface area contributed by atoms with Gasteiger partial charge in [0.25, 0.3) is 0 Å². The average Bonchev–Trinajstić information content (AvgIpc) is 0.825. The van der Waals surface area contributed by atoms with Crippen LogP contribution in [0.2, 0.25) is 5.02 Å². The number of para-hydroxylation sites is 1. The minimum absolute atomic E-state index is 0.149. The molecule has 35 heteroatoms. The van der Waals surface area contributed by atoms with E-state index >= 15 is 0 Å². The molecule has 628 valence electrons. The third-order valence-electron chi connectivity index (χ3n) is 16.7. The summed E-state index contributed by atoms with van der Waals surface area (Å²) in [5, 5.41) is 26.8. The van der Waals surface area contributed by atoms with Gasteiger partial charge in [-0.1, -0.05) is 74.3 Å². The molecule has 0 radical (unpaired) electrons. The number of rotatable bonds is 31. The molecule has 4 heterocycles. The Morgan fingerprint density at radius 3 is 1.02 bits per heavy atom. The molecule has 12 aromatic rings. The molecule has 31 nitrogen and oxygen atoms in total. The molecule has 0 bridgehead atoms. The lowest BCUT2D eigenvalue weighted by Gasteiger charge is -2.16. The highest BCUT2D eigenvalue weighted by Crippen LogP contribution is 2.42. The van der Waals surface area contributed by atoms with Gasteiger partial charge in [0.05, 0.1) is 105 Å². The van der Waals surface area contributed by atoms with Crippen molar-refractivity contribution in [3.05, 3.63) is 268 Å². The molecule has 4 aromatic heterocycles. The Labute approximate surface area is 733 Å². The molecule has 0 saturated carbocycles. The van der Waals surface area contributed by atoms with E-state index in [2.05, 4.69) is 162 Å². The number of benzene rings is 8. The number of hydrogen-bond donors (Lipinski definition) is 9. The van der Waals surface area contributed by atoms with Gasteiger partial charge in [0.15, 0.2) is 0 Å². The van der Waals surface area contributed by atoms with E-state index in [-0.39, 0.29) is 40.5 Å². The molecule has 9 N–H and O–H groups in total. The summed E-state index contributed by atoms with van der Waals surface area (Å²) in [7, 11) is 11.2. The van der Waals surface area contributed by atoms with Gasteiger partial charge in [0, 0.05) is 69.5 Å². The number of anilines is 14. The first-order valence-electron chi connectivity index (χ1n) is 36.3. The lowest BCUT2D eigenvalue weighted by atomic mass is 10.1. The van der Waals surface area contributed by atoms with Crippen molar-refractivity contribution < 1.29 is 66.5 Å². The van der Waals surface area contributed by atoms with Crippen LogP contribution < -0.4 is 95.2 Å². The highest BCUT2D eigenvalue weighted by atomic mass is 79.9. The number of amides is 4. The molecule has 0 spiro atoms. The lowest BCUT2D eigenvalue weighted by Crippen LogP contribution is -2.07. The first-order chi connectivity index (χ1) is 58.8. The maximum Gasteiger partial charge on any atom is 0.247 e. The van der Waals surface area contributed by atoms with E-state index in [0.717, 1.165) is 39.4 Å². The van der Waals surface area contributed by atoms with Gasteiger partial charge in [0.2, 0.25) is 65.1 Å². The Morgan fingerprint density at radius 2 is 0.656 bits per heavy atom. The SMILES string of the molecule is C=CC(=O)Nc1cccc(Nc2nc(Nc3ccc(OC)c(C)c3OC)ncc2Br)c1.C=CC(=O)Nc1cccc(Oc2nc(Nc3ccc(OC)c(C)c3OC)ncc2Br)c1.C=CC(=O)Nc1cccc(Oc2nc(Nc3ccc(OC)c(C)c3OC)ncc2Cl)c1.C=CC(=O)Nc1cccc(Oc2nc(Nc3cccc(C)c3OC)ncc2Br)c1. The largest absolute Gasteiger partial charge is 0.496 e. The van der Waals surface area contributed by atoms with Crippen molar-refractivity contribution in [1.82, 2.24) is 39.9 Å². The average molecular weight is 1870 g/mol. The third kappa shape index (κ3) is 25.6. The van der Waals surface area contributed by atoms with Crippen molar-refractivity contribution in [3.63, 3.8) is 0 Å². The number of methoxy groups -OCH3 is 7. The van der Waals surface area contributed by atoms with Crippen molar-refractivity contribution >= 4 is 164 Å². The zero-order chi connectivity index (χ0) is 87.9. The van der Waals surface area contributed by atoms with Crippen LogP contribution in [0.3, 0.4) is 0 Å². The fraction of sp³-hybridized carbons (Fsp3) is 0.126. The molecule has 0 saturated heterocycles. The van der Waals surface area contributed by atoms with Crippen molar-refractivity contribution in [2.45, 2.75) is 27.7 Å². The molecule has 0 fully saturated rings. The standard InChI is InChI=1S/C22H22BrN5O3.C22H21BrN4O4.C22H21ClN4O4.C21H19BrN4O3/c1-5-19(29)25-14-7-6-8-15(11-14)26-21-16(23)12-24-22(28-21)27-17-9-10-18(30-3)13(2)20(17)31-4;2*1-5-19(28)25-14-7-6-8-15(11-14)31-21-16(23)12-24-22(27-21)26-17-9-10-18(29-3)13(2)20(17)30-4;1-4-18(27)24-14-8-6-9-15(11-14)29-20-16(22)12-23-21(26-20)25-17-10-5-7-13(2)19(17)28-3/h5-12H,1H2,2-4H3,(H,25,29)(H2,24,26,27,28);2*5-12H,1H2,2-4H3,(H,25,28)(H,24,26,27);4-12H,1H2,2-3H3,(H,24,27)(H,23,25,26). The van der Waals surface area contributed by atoms with Crippen LogP contribution in [0.4, 0.5) is 80.8 Å². The maximum absolute atomic E-state index is 11.5. The van der Waals surface area contributed by atoms with Gasteiger partial charge in [-0.05, 0) is 202 Å². The van der Waals surface area contributed by atoms with Crippen LogP contribution in [0.1, 0.15) is 22.3 Å². The summed E-state index contributed by atoms with van der Waals surface area (Å²) >= 11 is 16.5. The van der Waals surface area contributed by atoms with Crippen molar-refractivity contribution in [2.75, 3.05) is 97.6 Å². The van der Waals surface area contributed by atoms with Gasteiger partial charge in [-0.3, -0.25) is 19.2 Å². The van der Waals surface area contributed by atoms with E-state index in [0.29, 0.717) is 140 Å². The number of aryl methyl sites for hydroxylation is 1. The summed E-state index contributed by atoms with van der Waals surface area (Å²) in [6.07, 6.45) is 11.0. The lowest BCUT2D eigenvalue weighted by molar-refractivity contribution is -0.112. The first-order valence-corrected chi connectivity index (χ1v) is 39.0. The quantitative estimate of drug-likeness (QED) is 0.0182. The number of halogens is 4. The Hall–Kier alpha value is -14.4. The van der Waals surface area contributed by atoms with E-state index in [4.69, 9.17) is 59.0 Å². The third-order valence-corrected chi connectivity index (χ3v) is 18.6. The maximum atomic E-state index is 11.5. The number of carbonyl (C=O) groups excluding carboxylic acids is 4. The molecular formula is C87H83Br3ClN17O14. The molecule has 0 unspecified atom stereocenters. The Balaban J connectivity index is 0.000000185. The summed E-state index contributed by atoms with van der Waals surface area (Å²) in [5.74, 6) is 7.57. The summed E-state index contributed by atoms with van der Waals surface area (Å²) in [6.45, 7) is 21.4. The van der Waals surface area contributed by atoms with E-state index < -0.39 is 0 Å². The van der Waals surface area contributed by atoms with Crippen LogP contribution in [0, 0.1) is 27.7 Å². The molecule has 122 heavy (non-hydrogen) atoms. The number of nitrogens with zero attached hydrogens (tertiary/aromatic N) is 8. The molecule has 0 aliphatic rings. The van der Waals surface area contributed by atoms with Crippen LogP contribution in [-0.4, -0.2) is 113 Å². The van der Waals surface area contributed by atoms with E-state index in [1.54, 1.807) is 159 Å². The van der Waals surface area contributed by atoms with Gasteiger partial charge in [-0.25, -0.2) is 19.9 Å². The molecule has 4 amide bonds. The molecule has 8 aromatic carbocycles. The monoisotopic (exact) mass is 1860 g/mol. The van der Waals surface area contributed by atoms with Gasteiger partial charge in [0.1, 0.15) is 68.3 Å². The van der Waals surface area contributed by atoms with Crippen LogP contribution in [0.25, 0.3) is 0 Å².